The Kier molecular flexibility index (Phi) is 11.2. The molecule has 3 N–H and O–H groups in total. The van der Waals surface area contributed by atoms with E-state index in [1.807, 2.05) is 43.3 Å². The smallest absolute Gasteiger partial charge is 0.408 e. The standard InChI is InChI=1S/C42H58N6O9S/c1-26-10-7-8-11-28-24-42(28,38(51)45-58(54,55)41(6)15-16-41)44-35(49)33-23-29(25-47(33)37(50)34(27(2)22-26)48(39(52)53)40(3,4)5)57-36-31-12-9-13-32(30(31)14-17-43-36)46-18-20-56-21-19-46/h8-9,11-14,17,26-29,33-34H,7,10,15-16,18-25H2,1-6H3,(H,44,49)(H,45,51)(H,52,53)/b11-8-/t26-,27-,28-,29-,33+,34+,42-/m1/s1. The number of anilines is 1. The molecule has 2 saturated carbocycles. The molecule has 1 aromatic heterocycles. The van der Waals surface area contributed by atoms with Crippen molar-refractivity contribution in [1.82, 2.24) is 24.8 Å². The molecule has 316 valence electrons. The molecule has 1 aromatic carbocycles. The van der Waals surface area contributed by atoms with Gasteiger partial charge in [-0.15, -0.1) is 0 Å². The number of aromatic nitrogens is 1. The Morgan fingerprint density at radius 1 is 1.09 bits per heavy atom. The van der Waals surface area contributed by atoms with Crippen molar-refractivity contribution in [3.05, 3.63) is 42.6 Å². The number of ether oxygens (including phenoxy) is 2. The molecular weight excluding hydrogens is 765 g/mol. The molecule has 5 aliphatic rings. The van der Waals surface area contributed by atoms with Crippen molar-refractivity contribution in [3.63, 3.8) is 0 Å². The predicted molar refractivity (Wildman–Crippen MR) is 218 cm³/mol. The van der Waals surface area contributed by atoms with E-state index in [4.69, 9.17) is 9.47 Å². The molecule has 0 spiro atoms. The lowest BCUT2D eigenvalue weighted by molar-refractivity contribution is -0.146. The van der Waals surface area contributed by atoms with E-state index in [-0.39, 0.29) is 25.3 Å². The van der Waals surface area contributed by atoms with Gasteiger partial charge in [-0.25, -0.2) is 18.2 Å². The van der Waals surface area contributed by atoms with E-state index in [2.05, 4.69) is 26.8 Å². The van der Waals surface area contributed by atoms with Crippen LogP contribution in [-0.4, -0.2) is 119 Å². The van der Waals surface area contributed by atoms with Crippen molar-refractivity contribution < 1.29 is 42.2 Å². The van der Waals surface area contributed by atoms with Gasteiger partial charge in [-0.3, -0.25) is 24.0 Å². The molecule has 2 saturated heterocycles. The van der Waals surface area contributed by atoms with Gasteiger partial charge < -0.3 is 29.7 Å². The van der Waals surface area contributed by atoms with Gasteiger partial charge in [0.05, 0.1) is 24.5 Å². The van der Waals surface area contributed by atoms with Crippen LogP contribution in [0.15, 0.2) is 42.6 Å². The number of fused-ring (bicyclic) bond motifs is 3. The highest BCUT2D eigenvalue weighted by molar-refractivity contribution is 7.91. The van der Waals surface area contributed by atoms with Crippen molar-refractivity contribution in [2.75, 3.05) is 37.7 Å². The molecule has 0 radical (unpaired) electrons. The summed E-state index contributed by atoms with van der Waals surface area (Å²) in [5.74, 6) is -2.44. The fourth-order valence-electron chi connectivity index (χ4n) is 9.06. The number of nitrogens with one attached hydrogen (secondary N) is 2. The minimum absolute atomic E-state index is 0.0213. The summed E-state index contributed by atoms with van der Waals surface area (Å²) in [6.07, 6.45) is 6.51. The van der Waals surface area contributed by atoms with Gasteiger partial charge in [-0.05, 0) is 96.3 Å². The summed E-state index contributed by atoms with van der Waals surface area (Å²) < 4.78 is 39.9. The molecule has 58 heavy (non-hydrogen) atoms. The van der Waals surface area contributed by atoms with Gasteiger partial charge in [-0.1, -0.05) is 32.1 Å². The van der Waals surface area contributed by atoms with E-state index in [1.54, 1.807) is 33.9 Å². The Morgan fingerprint density at radius 3 is 2.48 bits per heavy atom. The number of carbonyl (C=O) groups is 4. The van der Waals surface area contributed by atoms with Crippen LogP contribution in [0.5, 0.6) is 5.88 Å². The van der Waals surface area contributed by atoms with Crippen LogP contribution in [0.2, 0.25) is 0 Å². The number of allylic oxidation sites excluding steroid dienone is 1. The van der Waals surface area contributed by atoms with Crippen LogP contribution in [0.4, 0.5) is 10.5 Å². The van der Waals surface area contributed by atoms with Crippen LogP contribution in [0.3, 0.4) is 0 Å². The highest BCUT2D eigenvalue weighted by Crippen LogP contribution is 2.48. The molecule has 15 nitrogen and oxygen atoms in total. The molecule has 4 amide bonds. The van der Waals surface area contributed by atoms with Crippen LogP contribution >= 0.6 is 0 Å². The topological polar surface area (TPSA) is 188 Å². The van der Waals surface area contributed by atoms with E-state index in [0.29, 0.717) is 44.8 Å². The first-order chi connectivity index (χ1) is 27.3. The first kappa shape index (κ1) is 41.7. The maximum Gasteiger partial charge on any atom is 0.408 e. The summed E-state index contributed by atoms with van der Waals surface area (Å²) in [7, 11) is -4.02. The normalized spacial score (nSPS) is 30.9. The van der Waals surface area contributed by atoms with Gasteiger partial charge in [-0.2, -0.15) is 0 Å². The number of amides is 4. The van der Waals surface area contributed by atoms with Gasteiger partial charge >= 0.3 is 6.09 Å². The zero-order valence-corrected chi connectivity index (χ0v) is 35.2. The average molecular weight is 823 g/mol. The van der Waals surface area contributed by atoms with Crippen molar-refractivity contribution in [2.24, 2.45) is 17.8 Å². The second-order valence-electron chi connectivity index (χ2n) is 18.3. The Hall–Kier alpha value is -4.44. The third-order valence-electron chi connectivity index (χ3n) is 12.8. The van der Waals surface area contributed by atoms with Gasteiger partial charge in [0.2, 0.25) is 27.7 Å². The van der Waals surface area contributed by atoms with E-state index in [0.717, 1.165) is 36.0 Å². The molecule has 0 bridgehead atoms. The van der Waals surface area contributed by atoms with Crippen LogP contribution in [0.25, 0.3) is 10.8 Å². The van der Waals surface area contributed by atoms with Crippen molar-refractivity contribution in [1.29, 1.82) is 0 Å². The maximum absolute atomic E-state index is 15.1. The lowest BCUT2D eigenvalue weighted by Gasteiger charge is -2.43. The number of hydrogen-bond donors (Lipinski definition) is 3. The second kappa shape index (κ2) is 15.6. The zero-order chi connectivity index (χ0) is 41.8. The van der Waals surface area contributed by atoms with E-state index in [9.17, 15) is 27.9 Å². The van der Waals surface area contributed by atoms with E-state index in [1.165, 1.54) is 9.80 Å². The van der Waals surface area contributed by atoms with E-state index >= 15 is 4.79 Å². The fraction of sp³-hybridized carbons (Fsp3) is 0.643. The van der Waals surface area contributed by atoms with Crippen LogP contribution in [-0.2, 0) is 29.1 Å². The Bertz CT molecular complexity index is 2080. The summed E-state index contributed by atoms with van der Waals surface area (Å²) in [5.41, 5.74) is -1.51. The Morgan fingerprint density at radius 2 is 1.81 bits per heavy atom. The number of carboxylic acid groups (broad SMARTS) is 1. The third-order valence-corrected chi connectivity index (χ3v) is 14.9. The minimum Gasteiger partial charge on any atom is -0.472 e. The Balaban J connectivity index is 1.26. The average Bonchev–Trinajstić information content (AvgIpc) is 4.04. The summed E-state index contributed by atoms with van der Waals surface area (Å²) in [6.45, 7) is 13.4. The van der Waals surface area contributed by atoms with Crippen LogP contribution in [0, 0.1) is 17.8 Å². The van der Waals surface area contributed by atoms with Crippen molar-refractivity contribution in [3.8, 4) is 5.88 Å². The van der Waals surface area contributed by atoms with Crippen molar-refractivity contribution >= 4 is 50.3 Å². The number of sulfonamides is 1. The summed E-state index contributed by atoms with van der Waals surface area (Å²) in [6, 6.07) is 5.51. The largest absolute Gasteiger partial charge is 0.472 e. The molecule has 2 aromatic rings. The summed E-state index contributed by atoms with van der Waals surface area (Å²) in [4.78, 5) is 66.3. The zero-order valence-electron chi connectivity index (χ0n) is 34.4. The molecule has 7 atom stereocenters. The van der Waals surface area contributed by atoms with Gasteiger partial charge in [0.25, 0.3) is 5.91 Å². The molecule has 4 heterocycles. The molecule has 2 aliphatic carbocycles. The van der Waals surface area contributed by atoms with Gasteiger partial charge in [0, 0.05) is 53.6 Å². The molecule has 0 unspecified atom stereocenters. The quantitative estimate of drug-likeness (QED) is 0.335. The lowest BCUT2D eigenvalue weighted by atomic mass is 9.85. The number of carbonyl (C=O) groups excluding carboxylic acids is 3. The number of hydrogen-bond acceptors (Lipinski definition) is 10. The first-order valence-electron chi connectivity index (χ1n) is 20.6. The number of benzene rings is 1. The SMILES string of the molecule is C[C@@H]1CC/C=C\[C@@H]2C[C@@]2(C(=O)NS(=O)(=O)C2(C)CC2)NC(=O)[C@@H]2C[C@@H](Oc3nccc4c(N5CCOCC5)cccc34)CN2C(=O)[C@@H](N(C(=O)O)C(C)(C)C)[C@H](C)C1. The summed E-state index contributed by atoms with van der Waals surface area (Å²) >= 11 is 0. The number of rotatable bonds is 7. The number of pyridine rings is 1. The third kappa shape index (κ3) is 8.10. The van der Waals surface area contributed by atoms with Crippen molar-refractivity contribution in [2.45, 2.75) is 121 Å². The number of morpholine rings is 1. The molecule has 7 rings (SSSR count). The lowest BCUT2D eigenvalue weighted by Crippen LogP contribution is -2.62. The number of nitrogens with zero attached hydrogens (tertiary/aromatic N) is 4. The highest BCUT2D eigenvalue weighted by Gasteiger charge is 2.63. The molecular formula is C42H58N6O9S. The van der Waals surface area contributed by atoms with Gasteiger partial charge in [0.1, 0.15) is 23.7 Å². The molecule has 4 fully saturated rings. The fourth-order valence-corrected chi connectivity index (χ4v) is 10.4. The van der Waals surface area contributed by atoms with Gasteiger partial charge in [0.15, 0.2) is 0 Å². The minimum atomic E-state index is -4.02. The van der Waals surface area contributed by atoms with Crippen LogP contribution < -0.4 is 19.7 Å². The van der Waals surface area contributed by atoms with Crippen LogP contribution in [0.1, 0.15) is 86.5 Å². The van der Waals surface area contributed by atoms with E-state index < -0.39 is 79.7 Å². The second-order valence-corrected chi connectivity index (χ2v) is 20.5. The maximum atomic E-state index is 15.1. The Labute approximate surface area is 340 Å². The first-order valence-corrected chi connectivity index (χ1v) is 22.1. The predicted octanol–water partition coefficient (Wildman–Crippen LogP) is 4.45. The highest BCUT2D eigenvalue weighted by atomic mass is 32.2. The monoisotopic (exact) mass is 822 g/mol. The molecule has 3 aliphatic heterocycles. The molecule has 16 heteroatoms. The summed E-state index contributed by atoms with van der Waals surface area (Å²) in [5, 5.41) is 15.3.